The second kappa shape index (κ2) is 5.50. The average Bonchev–Trinajstić information content (AvgIpc) is 2.39. The third-order valence-electron chi connectivity index (χ3n) is 3.90. The summed E-state index contributed by atoms with van der Waals surface area (Å²) in [6.07, 6.45) is 6.79. The van der Waals surface area contributed by atoms with Gasteiger partial charge in [-0.15, -0.1) is 0 Å². The van der Waals surface area contributed by atoms with E-state index in [1.54, 1.807) is 13.3 Å². The summed E-state index contributed by atoms with van der Waals surface area (Å²) in [5.74, 6) is 2.22. The molecule has 1 aromatic rings. The lowest BCUT2D eigenvalue weighted by Crippen LogP contribution is -2.26. The molecular weight excluding hydrogens is 212 g/mol. The Bertz CT molecular complexity index is 359. The second-order valence-corrected chi connectivity index (χ2v) is 5.14. The fourth-order valence-electron chi connectivity index (χ4n) is 2.69. The number of nitrogens with zero attached hydrogens (tertiary/aromatic N) is 1. The summed E-state index contributed by atoms with van der Waals surface area (Å²) < 4.78 is 5.34. The third kappa shape index (κ3) is 2.78. The third-order valence-corrected chi connectivity index (χ3v) is 3.90. The van der Waals surface area contributed by atoms with Crippen molar-refractivity contribution in [2.75, 3.05) is 7.11 Å². The molecule has 0 bridgehead atoms. The number of pyridine rings is 1. The molecule has 2 rings (SSSR count). The van der Waals surface area contributed by atoms with Crippen molar-refractivity contribution in [3.63, 3.8) is 0 Å². The van der Waals surface area contributed by atoms with Gasteiger partial charge in [0.2, 0.25) is 0 Å². The monoisotopic (exact) mass is 234 g/mol. The van der Waals surface area contributed by atoms with Crippen molar-refractivity contribution >= 4 is 0 Å². The van der Waals surface area contributed by atoms with Crippen LogP contribution < -0.4 is 10.5 Å². The highest BCUT2D eigenvalue weighted by Crippen LogP contribution is 2.37. The van der Waals surface area contributed by atoms with Crippen LogP contribution >= 0.6 is 0 Å². The molecule has 1 saturated carbocycles. The Hall–Kier alpha value is -1.09. The Morgan fingerprint density at radius 2 is 2.06 bits per heavy atom. The van der Waals surface area contributed by atoms with Gasteiger partial charge in [-0.05, 0) is 36.8 Å². The second-order valence-electron chi connectivity index (χ2n) is 5.14. The maximum Gasteiger partial charge on any atom is 0.141 e. The van der Waals surface area contributed by atoms with Gasteiger partial charge in [0.15, 0.2) is 0 Å². The number of methoxy groups -OCH3 is 1. The van der Waals surface area contributed by atoms with Gasteiger partial charge in [-0.25, -0.2) is 0 Å². The first kappa shape index (κ1) is 12.4. The number of ether oxygens (including phenoxy) is 1. The Labute approximate surface area is 103 Å². The summed E-state index contributed by atoms with van der Waals surface area (Å²) in [6.45, 7) is 2.32. The van der Waals surface area contributed by atoms with Gasteiger partial charge >= 0.3 is 0 Å². The molecule has 0 aliphatic heterocycles. The summed E-state index contributed by atoms with van der Waals surface area (Å²) in [5.41, 5.74) is 7.26. The van der Waals surface area contributed by atoms with Crippen LogP contribution in [0.15, 0.2) is 18.3 Å². The van der Waals surface area contributed by atoms with Crippen molar-refractivity contribution in [2.45, 2.75) is 38.6 Å². The van der Waals surface area contributed by atoms with E-state index in [2.05, 4.69) is 11.9 Å². The quantitative estimate of drug-likeness (QED) is 0.874. The number of nitrogens with two attached hydrogens (primary N) is 1. The lowest BCUT2D eigenvalue weighted by atomic mass is 9.78. The Kier molecular flexibility index (Phi) is 4.00. The Morgan fingerprint density at radius 3 is 2.71 bits per heavy atom. The molecule has 1 aliphatic rings. The van der Waals surface area contributed by atoms with Crippen LogP contribution in [0.1, 0.15) is 44.3 Å². The van der Waals surface area contributed by atoms with E-state index in [1.807, 2.05) is 12.1 Å². The lowest BCUT2D eigenvalue weighted by Gasteiger charge is -2.30. The van der Waals surface area contributed by atoms with Gasteiger partial charge in [0.25, 0.3) is 0 Å². The molecule has 2 N–H and O–H groups in total. The molecule has 17 heavy (non-hydrogen) atoms. The molecule has 3 heteroatoms. The van der Waals surface area contributed by atoms with Crippen LogP contribution in [0.4, 0.5) is 0 Å². The van der Waals surface area contributed by atoms with Crippen molar-refractivity contribution in [3.05, 3.63) is 24.0 Å². The van der Waals surface area contributed by atoms with Gasteiger partial charge in [0.1, 0.15) is 5.75 Å². The van der Waals surface area contributed by atoms with Crippen LogP contribution in [0.2, 0.25) is 0 Å². The lowest BCUT2D eigenvalue weighted by molar-refractivity contribution is 0.250. The van der Waals surface area contributed by atoms with Crippen LogP contribution in [-0.4, -0.2) is 12.1 Å². The van der Waals surface area contributed by atoms with E-state index in [-0.39, 0.29) is 6.04 Å². The van der Waals surface area contributed by atoms with Gasteiger partial charge in [-0.1, -0.05) is 19.8 Å². The summed E-state index contributed by atoms with van der Waals surface area (Å²) in [5, 5.41) is 0. The van der Waals surface area contributed by atoms with E-state index >= 15 is 0 Å². The first-order chi connectivity index (χ1) is 8.22. The predicted octanol–water partition coefficient (Wildman–Crippen LogP) is 2.92. The normalized spacial score (nSPS) is 26.5. The molecule has 1 unspecified atom stereocenters. The fourth-order valence-corrected chi connectivity index (χ4v) is 2.69. The summed E-state index contributed by atoms with van der Waals surface area (Å²) in [6, 6.07) is 3.84. The zero-order chi connectivity index (χ0) is 12.3. The molecule has 0 spiro atoms. The first-order valence-electron chi connectivity index (χ1n) is 6.47. The van der Waals surface area contributed by atoms with E-state index in [0.29, 0.717) is 5.92 Å². The fraction of sp³-hybridized carbons (Fsp3) is 0.643. The van der Waals surface area contributed by atoms with Crippen LogP contribution in [0.3, 0.4) is 0 Å². The molecular formula is C14H22N2O. The van der Waals surface area contributed by atoms with E-state index in [4.69, 9.17) is 10.5 Å². The Balaban J connectivity index is 2.10. The van der Waals surface area contributed by atoms with Gasteiger partial charge in [-0.2, -0.15) is 0 Å². The summed E-state index contributed by atoms with van der Waals surface area (Å²) in [4.78, 5) is 4.39. The SMILES string of the molecule is COc1cccnc1C(N)C1CCC(C)CC1. The molecule has 0 saturated heterocycles. The highest BCUT2D eigenvalue weighted by Gasteiger charge is 2.27. The van der Waals surface area contributed by atoms with Crippen molar-refractivity contribution in [1.82, 2.24) is 4.98 Å². The standard InChI is InChI=1S/C14H22N2O/c1-10-5-7-11(8-6-10)13(15)14-12(17-2)4-3-9-16-14/h3-4,9-11,13H,5-8,15H2,1-2H3. The molecule has 1 aliphatic carbocycles. The van der Waals surface area contributed by atoms with Crippen molar-refractivity contribution in [2.24, 2.45) is 17.6 Å². The highest BCUT2D eigenvalue weighted by molar-refractivity contribution is 5.29. The zero-order valence-electron chi connectivity index (χ0n) is 10.7. The maximum absolute atomic E-state index is 6.35. The molecule has 1 atom stereocenters. The van der Waals surface area contributed by atoms with Crippen LogP contribution in [0, 0.1) is 11.8 Å². The average molecular weight is 234 g/mol. The van der Waals surface area contributed by atoms with Gasteiger partial charge < -0.3 is 10.5 Å². The van der Waals surface area contributed by atoms with Crippen molar-refractivity contribution < 1.29 is 4.74 Å². The molecule has 3 nitrogen and oxygen atoms in total. The largest absolute Gasteiger partial charge is 0.495 e. The predicted molar refractivity (Wildman–Crippen MR) is 68.8 cm³/mol. The van der Waals surface area contributed by atoms with Crippen molar-refractivity contribution in [1.29, 1.82) is 0 Å². The number of hydrogen-bond donors (Lipinski definition) is 1. The number of aromatic nitrogens is 1. The summed E-state index contributed by atoms with van der Waals surface area (Å²) >= 11 is 0. The van der Waals surface area contributed by atoms with Gasteiger partial charge in [0.05, 0.1) is 18.8 Å². The minimum absolute atomic E-state index is 0.0126. The zero-order valence-corrected chi connectivity index (χ0v) is 10.7. The molecule has 1 aromatic heterocycles. The highest BCUT2D eigenvalue weighted by atomic mass is 16.5. The molecule has 1 fully saturated rings. The van der Waals surface area contributed by atoms with Gasteiger partial charge in [-0.3, -0.25) is 4.98 Å². The van der Waals surface area contributed by atoms with E-state index in [1.165, 1.54) is 25.7 Å². The molecule has 1 heterocycles. The minimum atomic E-state index is 0.0126. The molecule has 0 radical (unpaired) electrons. The van der Waals surface area contributed by atoms with E-state index < -0.39 is 0 Å². The van der Waals surface area contributed by atoms with Crippen LogP contribution in [0.25, 0.3) is 0 Å². The number of rotatable bonds is 3. The van der Waals surface area contributed by atoms with E-state index in [9.17, 15) is 0 Å². The molecule has 0 amide bonds. The smallest absolute Gasteiger partial charge is 0.141 e. The van der Waals surface area contributed by atoms with Crippen molar-refractivity contribution in [3.8, 4) is 5.75 Å². The van der Waals surface area contributed by atoms with Crippen LogP contribution in [0.5, 0.6) is 5.75 Å². The minimum Gasteiger partial charge on any atom is -0.495 e. The van der Waals surface area contributed by atoms with Gasteiger partial charge in [0, 0.05) is 6.20 Å². The number of hydrogen-bond acceptors (Lipinski definition) is 3. The summed E-state index contributed by atoms with van der Waals surface area (Å²) in [7, 11) is 1.68. The topological polar surface area (TPSA) is 48.1 Å². The molecule has 94 valence electrons. The Morgan fingerprint density at radius 1 is 1.35 bits per heavy atom. The van der Waals surface area contributed by atoms with Crippen LogP contribution in [-0.2, 0) is 0 Å². The first-order valence-corrected chi connectivity index (χ1v) is 6.47. The van der Waals surface area contributed by atoms with E-state index in [0.717, 1.165) is 17.4 Å². The molecule has 0 aromatic carbocycles. The maximum atomic E-state index is 6.35.